The Morgan fingerprint density at radius 3 is 2.70 bits per heavy atom. The van der Waals surface area contributed by atoms with Gasteiger partial charge < -0.3 is 14.8 Å². The molecule has 116 valence electrons. The van der Waals surface area contributed by atoms with E-state index in [9.17, 15) is 5.11 Å². The number of methoxy groups -OCH3 is 1. The van der Waals surface area contributed by atoms with Crippen LogP contribution in [0.3, 0.4) is 0 Å². The van der Waals surface area contributed by atoms with Crippen molar-refractivity contribution in [3.63, 3.8) is 0 Å². The van der Waals surface area contributed by atoms with Crippen molar-refractivity contribution in [3.05, 3.63) is 65.1 Å². The number of aromatic hydroxyl groups is 1. The van der Waals surface area contributed by atoms with Crippen molar-refractivity contribution in [3.8, 4) is 22.8 Å². The molecule has 0 aliphatic rings. The minimum atomic E-state index is 0.0686. The molecule has 0 fully saturated rings. The molecule has 0 saturated carbocycles. The number of phenolic OH excluding ortho intramolecular Hbond substituents is 1. The molecular weight excluding hydrogens is 310 g/mol. The summed E-state index contributed by atoms with van der Waals surface area (Å²) in [5.41, 5.74) is 2.67. The van der Waals surface area contributed by atoms with Crippen LogP contribution in [0.1, 0.15) is 5.56 Å². The van der Waals surface area contributed by atoms with Crippen molar-refractivity contribution < 1.29 is 9.84 Å². The SMILES string of the molecule is COc1ccc(/C=N\n2cc(-c3ccccc3)[nH]c2=S)cc1O. The van der Waals surface area contributed by atoms with Gasteiger partial charge in [0.15, 0.2) is 16.3 Å². The van der Waals surface area contributed by atoms with Crippen LogP contribution in [0.25, 0.3) is 11.3 Å². The number of rotatable bonds is 4. The van der Waals surface area contributed by atoms with Crippen molar-refractivity contribution in [2.45, 2.75) is 0 Å². The first-order chi connectivity index (χ1) is 11.2. The smallest absolute Gasteiger partial charge is 0.198 e. The Kier molecular flexibility index (Phi) is 4.25. The highest BCUT2D eigenvalue weighted by Crippen LogP contribution is 2.25. The van der Waals surface area contributed by atoms with Crippen molar-refractivity contribution >= 4 is 18.4 Å². The minimum Gasteiger partial charge on any atom is -0.504 e. The minimum absolute atomic E-state index is 0.0686. The van der Waals surface area contributed by atoms with Gasteiger partial charge in [-0.05, 0) is 41.5 Å². The number of benzene rings is 2. The largest absolute Gasteiger partial charge is 0.504 e. The molecule has 0 bridgehead atoms. The Hall–Kier alpha value is -2.86. The zero-order valence-electron chi connectivity index (χ0n) is 12.4. The second-order valence-corrected chi connectivity index (χ2v) is 5.25. The lowest BCUT2D eigenvalue weighted by Crippen LogP contribution is -1.90. The fourth-order valence-electron chi connectivity index (χ4n) is 2.15. The molecule has 1 heterocycles. The fraction of sp³-hybridized carbons (Fsp3) is 0.0588. The van der Waals surface area contributed by atoms with Crippen LogP contribution in [0.5, 0.6) is 11.5 Å². The monoisotopic (exact) mass is 325 g/mol. The summed E-state index contributed by atoms with van der Waals surface area (Å²) in [6.07, 6.45) is 3.45. The summed E-state index contributed by atoms with van der Waals surface area (Å²) in [5, 5.41) is 14.1. The van der Waals surface area contributed by atoms with Gasteiger partial charge in [0.2, 0.25) is 0 Å². The Morgan fingerprint density at radius 1 is 1.22 bits per heavy atom. The third kappa shape index (κ3) is 3.32. The van der Waals surface area contributed by atoms with Crippen molar-refractivity contribution in [1.29, 1.82) is 0 Å². The molecular formula is C17H15N3O2S. The summed E-state index contributed by atoms with van der Waals surface area (Å²) in [4.78, 5) is 3.12. The zero-order valence-corrected chi connectivity index (χ0v) is 13.2. The lowest BCUT2D eigenvalue weighted by Gasteiger charge is -2.02. The average Bonchev–Trinajstić information content (AvgIpc) is 2.95. The standard InChI is InChI=1S/C17H15N3O2S/c1-22-16-8-7-12(9-15(16)21)10-18-20-11-14(19-17(20)23)13-5-3-2-4-6-13/h2-11,21H,1H3,(H,19,23)/b18-10-. The first-order valence-electron chi connectivity index (χ1n) is 6.96. The molecule has 2 aromatic carbocycles. The number of hydrogen-bond donors (Lipinski definition) is 2. The maximum atomic E-state index is 9.78. The molecule has 23 heavy (non-hydrogen) atoms. The highest BCUT2D eigenvalue weighted by molar-refractivity contribution is 7.71. The number of hydrogen-bond acceptors (Lipinski definition) is 4. The van der Waals surface area contributed by atoms with Crippen LogP contribution in [-0.2, 0) is 0 Å². The second kappa shape index (κ2) is 6.50. The van der Waals surface area contributed by atoms with Crippen LogP contribution in [0.2, 0.25) is 0 Å². The number of ether oxygens (including phenoxy) is 1. The van der Waals surface area contributed by atoms with Crippen molar-refractivity contribution in [2.24, 2.45) is 5.10 Å². The molecule has 0 saturated heterocycles. The van der Waals surface area contributed by atoms with Gasteiger partial charge in [-0.3, -0.25) is 0 Å². The van der Waals surface area contributed by atoms with E-state index in [1.165, 1.54) is 7.11 Å². The summed E-state index contributed by atoms with van der Waals surface area (Å²) in [6.45, 7) is 0. The molecule has 0 spiro atoms. The topological polar surface area (TPSA) is 62.5 Å². The molecule has 2 N–H and O–H groups in total. The molecule has 0 atom stereocenters. The van der Waals surface area contributed by atoms with Crippen LogP contribution >= 0.6 is 12.2 Å². The third-order valence-corrected chi connectivity index (χ3v) is 3.61. The van der Waals surface area contributed by atoms with E-state index in [1.54, 1.807) is 29.1 Å². The third-order valence-electron chi connectivity index (χ3n) is 3.32. The van der Waals surface area contributed by atoms with Gasteiger partial charge in [-0.15, -0.1) is 0 Å². The van der Waals surface area contributed by atoms with Gasteiger partial charge in [0, 0.05) is 0 Å². The number of nitrogens with one attached hydrogen (secondary N) is 1. The van der Waals surface area contributed by atoms with E-state index >= 15 is 0 Å². The summed E-state index contributed by atoms with van der Waals surface area (Å²) in [7, 11) is 1.51. The summed E-state index contributed by atoms with van der Waals surface area (Å²) in [5.74, 6) is 0.492. The Balaban J connectivity index is 1.87. The van der Waals surface area contributed by atoms with Gasteiger partial charge in [-0.2, -0.15) is 5.10 Å². The number of H-pyrrole nitrogens is 1. The van der Waals surface area contributed by atoms with Gasteiger partial charge in [0.1, 0.15) is 0 Å². The van der Waals surface area contributed by atoms with Gasteiger partial charge in [-0.1, -0.05) is 30.3 Å². The molecule has 1 aromatic heterocycles. The number of aromatic nitrogens is 2. The molecule has 0 amide bonds. The number of imidazole rings is 1. The first kappa shape index (κ1) is 15.1. The molecule has 0 unspecified atom stereocenters. The highest BCUT2D eigenvalue weighted by Gasteiger charge is 2.03. The van der Waals surface area contributed by atoms with E-state index in [4.69, 9.17) is 17.0 Å². The molecule has 3 aromatic rings. The van der Waals surface area contributed by atoms with E-state index in [1.807, 2.05) is 36.5 Å². The number of nitrogens with zero attached hydrogens (tertiary/aromatic N) is 2. The summed E-state index contributed by atoms with van der Waals surface area (Å²) >= 11 is 5.28. The maximum absolute atomic E-state index is 9.78. The first-order valence-corrected chi connectivity index (χ1v) is 7.36. The molecule has 6 heteroatoms. The number of phenols is 1. The predicted octanol–water partition coefficient (Wildman–Crippen LogP) is 3.81. The van der Waals surface area contributed by atoms with E-state index in [2.05, 4.69) is 10.1 Å². The quantitative estimate of drug-likeness (QED) is 0.566. The average molecular weight is 325 g/mol. The van der Waals surface area contributed by atoms with Gasteiger partial charge >= 0.3 is 0 Å². The molecule has 0 aliphatic carbocycles. The number of aromatic amines is 1. The van der Waals surface area contributed by atoms with E-state index < -0.39 is 0 Å². The van der Waals surface area contributed by atoms with Crippen LogP contribution in [0.15, 0.2) is 59.8 Å². The van der Waals surface area contributed by atoms with Gasteiger partial charge in [-0.25, -0.2) is 4.68 Å². The lowest BCUT2D eigenvalue weighted by molar-refractivity contribution is 0.373. The van der Waals surface area contributed by atoms with Crippen LogP contribution in [0, 0.1) is 4.77 Å². The molecule has 5 nitrogen and oxygen atoms in total. The van der Waals surface area contributed by atoms with E-state index in [0.717, 1.165) is 16.8 Å². The lowest BCUT2D eigenvalue weighted by atomic mass is 10.2. The Labute approximate surface area is 138 Å². The molecule has 0 radical (unpaired) electrons. The Bertz CT molecular complexity index is 898. The van der Waals surface area contributed by atoms with Crippen molar-refractivity contribution in [1.82, 2.24) is 9.66 Å². The summed E-state index contributed by atoms with van der Waals surface area (Å²) < 4.78 is 7.09. The van der Waals surface area contributed by atoms with Crippen LogP contribution in [-0.4, -0.2) is 28.1 Å². The van der Waals surface area contributed by atoms with Crippen LogP contribution in [0.4, 0.5) is 0 Å². The van der Waals surface area contributed by atoms with Crippen LogP contribution < -0.4 is 4.74 Å². The second-order valence-electron chi connectivity index (χ2n) is 4.86. The summed E-state index contributed by atoms with van der Waals surface area (Å²) in [6, 6.07) is 14.9. The van der Waals surface area contributed by atoms with E-state index in [0.29, 0.717) is 10.5 Å². The molecule has 0 aliphatic heterocycles. The maximum Gasteiger partial charge on any atom is 0.198 e. The normalized spacial score (nSPS) is 11.0. The van der Waals surface area contributed by atoms with Crippen molar-refractivity contribution in [2.75, 3.05) is 7.11 Å². The van der Waals surface area contributed by atoms with E-state index in [-0.39, 0.29) is 5.75 Å². The molecule has 3 rings (SSSR count). The highest BCUT2D eigenvalue weighted by atomic mass is 32.1. The fourth-order valence-corrected chi connectivity index (χ4v) is 2.36. The van der Waals surface area contributed by atoms with Gasteiger partial charge in [0.05, 0.1) is 25.2 Å². The van der Waals surface area contributed by atoms with Gasteiger partial charge in [0.25, 0.3) is 0 Å². The zero-order chi connectivity index (χ0) is 16.2. The Morgan fingerprint density at radius 2 is 2.00 bits per heavy atom. The predicted molar refractivity (Wildman–Crippen MR) is 92.7 cm³/mol.